The van der Waals surface area contributed by atoms with Gasteiger partial charge in [0, 0.05) is 41.2 Å². The number of ether oxygens (including phenoxy) is 1. The molecule has 1 aliphatic heterocycles. The molecule has 0 aliphatic carbocycles. The maximum Gasteiger partial charge on any atom is 0.326 e. The second-order valence-corrected chi connectivity index (χ2v) is 9.24. The van der Waals surface area contributed by atoms with E-state index in [4.69, 9.17) is 15.9 Å². The molecule has 3 aromatic carbocycles. The van der Waals surface area contributed by atoms with Crippen molar-refractivity contribution in [2.24, 2.45) is 5.73 Å². The van der Waals surface area contributed by atoms with Crippen molar-refractivity contribution in [2.75, 3.05) is 18.0 Å². The molecule has 4 rings (SSSR count). The first-order chi connectivity index (χ1) is 17.2. The Balaban J connectivity index is 1.62. The zero-order valence-corrected chi connectivity index (χ0v) is 20.2. The van der Waals surface area contributed by atoms with E-state index in [-0.39, 0.29) is 30.9 Å². The first kappa shape index (κ1) is 25.1. The number of carboxylic acids is 1. The normalized spacial score (nSPS) is 17.1. The molecule has 1 amide bonds. The molecule has 1 saturated heterocycles. The summed E-state index contributed by atoms with van der Waals surface area (Å²) in [5.74, 6) is -1.43. The fourth-order valence-electron chi connectivity index (χ4n) is 4.51. The molecule has 1 heterocycles. The van der Waals surface area contributed by atoms with Crippen LogP contribution in [0, 0.1) is 5.41 Å². The number of fused-ring (bicyclic) bond motifs is 1. The van der Waals surface area contributed by atoms with E-state index in [1.165, 1.54) is 12.0 Å². The number of carboxylic acid groups (broad SMARTS) is 1. The molecule has 188 valence electrons. The highest BCUT2D eigenvalue weighted by molar-refractivity contribution is 7.80. The summed E-state index contributed by atoms with van der Waals surface area (Å²) in [7, 11) is 1.48. The van der Waals surface area contributed by atoms with Crippen LogP contribution in [0.25, 0.3) is 10.8 Å². The lowest BCUT2D eigenvalue weighted by molar-refractivity contribution is -0.148. The molecular weight excluding hydrogens is 484 g/mol. The van der Waals surface area contributed by atoms with Gasteiger partial charge in [-0.25, -0.2) is 4.79 Å². The highest BCUT2D eigenvalue weighted by atomic mass is 32.2. The van der Waals surface area contributed by atoms with Gasteiger partial charge in [0.05, 0.1) is 12.8 Å². The van der Waals surface area contributed by atoms with E-state index in [0.29, 0.717) is 16.9 Å². The third-order valence-electron chi connectivity index (χ3n) is 6.29. The Morgan fingerprint density at radius 3 is 2.58 bits per heavy atom. The van der Waals surface area contributed by atoms with Crippen LogP contribution in [-0.2, 0) is 27.3 Å². The maximum absolute atomic E-state index is 13.4. The molecular formula is C25H25N4O6S-. The fourth-order valence-corrected chi connectivity index (χ4v) is 5.20. The smallest absolute Gasteiger partial charge is 0.326 e. The molecule has 1 aliphatic rings. The minimum atomic E-state index is -2.80. The number of nitrogens with zero attached hydrogens (tertiary/aromatic N) is 2. The van der Waals surface area contributed by atoms with Gasteiger partial charge in [0.25, 0.3) is 0 Å². The molecule has 3 unspecified atom stereocenters. The van der Waals surface area contributed by atoms with E-state index < -0.39 is 35.2 Å². The van der Waals surface area contributed by atoms with Crippen LogP contribution in [0.15, 0.2) is 60.7 Å². The Morgan fingerprint density at radius 2 is 1.97 bits per heavy atom. The van der Waals surface area contributed by atoms with Crippen molar-refractivity contribution in [3.05, 3.63) is 71.8 Å². The average molecular weight is 510 g/mol. The molecule has 3 atom stereocenters. The Kier molecular flexibility index (Phi) is 7.22. The van der Waals surface area contributed by atoms with Crippen LogP contribution in [0.2, 0.25) is 0 Å². The Labute approximate surface area is 210 Å². The van der Waals surface area contributed by atoms with Crippen molar-refractivity contribution in [3.8, 4) is 5.75 Å². The number of carbonyl (C=O) groups excluding carboxylic acids is 1. The number of anilines is 1. The van der Waals surface area contributed by atoms with Gasteiger partial charge in [0.1, 0.15) is 23.7 Å². The van der Waals surface area contributed by atoms with Crippen LogP contribution >= 0.6 is 0 Å². The van der Waals surface area contributed by atoms with Crippen molar-refractivity contribution in [3.63, 3.8) is 0 Å². The number of amides is 1. The molecule has 0 spiro atoms. The van der Waals surface area contributed by atoms with Gasteiger partial charge < -0.3 is 25.0 Å². The molecule has 0 bridgehead atoms. The van der Waals surface area contributed by atoms with E-state index in [2.05, 4.69) is 0 Å². The maximum atomic E-state index is 13.4. The number of nitrogen functional groups attached to an aromatic ring is 1. The number of nitrogens with one attached hydrogen (secondary N) is 1. The van der Waals surface area contributed by atoms with Crippen molar-refractivity contribution in [1.29, 1.82) is 5.41 Å². The molecule has 11 heteroatoms. The second kappa shape index (κ2) is 10.3. The number of aliphatic carboxylic acids is 1. The molecule has 10 nitrogen and oxygen atoms in total. The van der Waals surface area contributed by atoms with Crippen molar-refractivity contribution < 1.29 is 28.2 Å². The Hall–Kier alpha value is -3.96. The summed E-state index contributed by atoms with van der Waals surface area (Å²) in [4.78, 5) is 26.7. The largest absolute Gasteiger partial charge is 0.755 e. The zero-order valence-electron chi connectivity index (χ0n) is 19.4. The molecule has 36 heavy (non-hydrogen) atoms. The molecule has 3 aromatic rings. The third-order valence-corrected chi connectivity index (χ3v) is 7.08. The standard InChI is InChI=1S/C25H26N4O6S/c1-35-22-14-18(13-17-4-2-3-5-19(17)22)29(36(33)34)20-10-11-28(24(20)30)21(25(31)32)12-15-6-8-16(9-7-15)23(26)27/h2-9,13-14,20-21H,10-12H2,1H3,(H3,26,27)(H,31,32)(H,33,34)/p-1. The van der Waals surface area contributed by atoms with Crippen LogP contribution < -0.4 is 14.8 Å². The Morgan fingerprint density at radius 1 is 1.28 bits per heavy atom. The first-order valence-electron chi connectivity index (χ1n) is 11.1. The summed E-state index contributed by atoms with van der Waals surface area (Å²) in [5.41, 5.74) is 6.87. The lowest BCUT2D eigenvalue weighted by Crippen LogP contribution is -2.48. The number of hydrogen-bond acceptors (Lipinski definition) is 6. The number of methoxy groups -OCH3 is 1. The summed E-state index contributed by atoms with van der Waals surface area (Å²) >= 11 is -2.80. The summed E-state index contributed by atoms with van der Waals surface area (Å²) < 4.78 is 31.1. The minimum Gasteiger partial charge on any atom is -0.755 e. The van der Waals surface area contributed by atoms with Gasteiger partial charge in [-0.15, -0.1) is 0 Å². The quantitative estimate of drug-likeness (QED) is 0.226. The van der Waals surface area contributed by atoms with E-state index in [0.717, 1.165) is 15.1 Å². The summed E-state index contributed by atoms with van der Waals surface area (Å²) in [6.45, 7) is 0.0877. The SMILES string of the molecule is COc1cc(N(C2CCN(C(Cc3ccc(C(=N)N)cc3)C(=O)O)C2=O)S(=O)[O-])cc2ccccc12. The second-order valence-electron chi connectivity index (χ2n) is 8.42. The van der Waals surface area contributed by atoms with Gasteiger partial charge in [0.2, 0.25) is 5.91 Å². The fraction of sp³-hybridized carbons (Fsp3) is 0.240. The van der Waals surface area contributed by atoms with Crippen LogP contribution in [0.5, 0.6) is 5.75 Å². The van der Waals surface area contributed by atoms with Crippen molar-refractivity contribution in [2.45, 2.75) is 24.9 Å². The van der Waals surface area contributed by atoms with Crippen molar-refractivity contribution in [1.82, 2.24) is 4.90 Å². The topological polar surface area (TPSA) is 160 Å². The highest BCUT2D eigenvalue weighted by Crippen LogP contribution is 2.35. The average Bonchev–Trinajstić information content (AvgIpc) is 3.22. The predicted molar refractivity (Wildman–Crippen MR) is 135 cm³/mol. The summed E-state index contributed by atoms with van der Waals surface area (Å²) in [5, 5.41) is 18.9. The van der Waals surface area contributed by atoms with E-state index >= 15 is 0 Å². The minimum absolute atomic E-state index is 0.0240. The number of amidine groups is 1. The van der Waals surface area contributed by atoms with Gasteiger partial charge in [-0.2, -0.15) is 0 Å². The van der Waals surface area contributed by atoms with Gasteiger partial charge in [-0.3, -0.25) is 18.7 Å². The van der Waals surface area contributed by atoms with Crippen molar-refractivity contribution >= 4 is 45.4 Å². The third kappa shape index (κ3) is 4.88. The van der Waals surface area contributed by atoms with E-state index in [9.17, 15) is 23.5 Å². The monoisotopic (exact) mass is 509 g/mol. The number of rotatable bonds is 9. The number of hydrogen-bond donors (Lipinski definition) is 3. The zero-order chi connectivity index (χ0) is 26.0. The van der Waals surface area contributed by atoms with Gasteiger partial charge >= 0.3 is 5.97 Å². The number of nitrogens with two attached hydrogens (primary N) is 1. The first-order valence-corrected chi connectivity index (χ1v) is 12.2. The highest BCUT2D eigenvalue weighted by Gasteiger charge is 2.42. The van der Waals surface area contributed by atoms with E-state index in [1.54, 1.807) is 36.4 Å². The predicted octanol–water partition coefficient (Wildman–Crippen LogP) is 2.03. The Bertz CT molecular complexity index is 1350. The number of carbonyl (C=O) groups is 2. The van der Waals surface area contributed by atoms with E-state index in [1.807, 2.05) is 24.3 Å². The van der Waals surface area contributed by atoms with Crippen LogP contribution in [-0.4, -0.2) is 62.2 Å². The molecule has 4 N–H and O–H groups in total. The molecule has 0 radical (unpaired) electrons. The van der Waals surface area contributed by atoms with Crippen LogP contribution in [0.3, 0.4) is 0 Å². The van der Waals surface area contributed by atoms with Crippen LogP contribution in [0.1, 0.15) is 17.5 Å². The lowest BCUT2D eigenvalue weighted by Gasteiger charge is -2.32. The molecule has 0 aromatic heterocycles. The molecule has 0 saturated carbocycles. The van der Waals surface area contributed by atoms with Gasteiger partial charge in [-0.05, 0) is 23.4 Å². The molecule has 1 fully saturated rings. The lowest BCUT2D eigenvalue weighted by atomic mass is 10.0. The number of likely N-dealkylation sites (tertiary alicyclic amines) is 1. The van der Waals surface area contributed by atoms with Gasteiger partial charge in [0.15, 0.2) is 0 Å². The number of benzene rings is 3. The summed E-state index contributed by atoms with van der Waals surface area (Å²) in [6, 6.07) is 14.8. The van der Waals surface area contributed by atoms with Crippen LogP contribution in [0.4, 0.5) is 5.69 Å². The summed E-state index contributed by atoms with van der Waals surface area (Å²) in [6.07, 6.45) is 0.158. The van der Waals surface area contributed by atoms with Gasteiger partial charge in [-0.1, -0.05) is 48.5 Å².